The first-order valence-corrected chi connectivity index (χ1v) is 10.4. The summed E-state index contributed by atoms with van der Waals surface area (Å²) in [6.45, 7) is 7.83. The van der Waals surface area contributed by atoms with E-state index in [4.69, 9.17) is 4.74 Å². The summed E-state index contributed by atoms with van der Waals surface area (Å²) in [7, 11) is 6.05. The van der Waals surface area contributed by atoms with Gasteiger partial charge in [0.15, 0.2) is 0 Å². The van der Waals surface area contributed by atoms with Gasteiger partial charge in [-0.3, -0.25) is 9.80 Å². The minimum absolute atomic E-state index is 0.295. The first kappa shape index (κ1) is 20.6. The molecule has 152 valence electrons. The number of aliphatic hydroxyl groups is 1. The third-order valence-corrected chi connectivity index (χ3v) is 5.92. The summed E-state index contributed by atoms with van der Waals surface area (Å²) in [6, 6.07) is 6.67. The summed E-state index contributed by atoms with van der Waals surface area (Å²) < 4.78 is 5.62. The van der Waals surface area contributed by atoms with Crippen molar-refractivity contribution in [3.05, 3.63) is 29.3 Å². The third-order valence-electron chi connectivity index (χ3n) is 5.92. The van der Waals surface area contributed by atoms with Crippen molar-refractivity contribution in [2.45, 2.75) is 32.4 Å². The van der Waals surface area contributed by atoms with Crippen molar-refractivity contribution in [3.8, 4) is 5.75 Å². The van der Waals surface area contributed by atoms with E-state index in [9.17, 15) is 5.11 Å². The van der Waals surface area contributed by atoms with Crippen molar-refractivity contribution in [3.63, 3.8) is 0 Å². The van der Waals surface area contributed by atoms with E-state index in [1.54, 1.807) is 7.11 Å². The molecule has 0 aromatic heterocycles. The Labute approximate surface area is 164 Å². The predicted molar refractivity (Wildman–Crippen MR) is 110 cm³/mol. The van der Waals surface area contributed by atoms with Gasteiger partial charge < -0.3 is 14.7 Å². The normalized spacial score (nSPS) is 24.6. The van der Waals surface area contributed by atoms with Crippen LogP contribution < -0.4 is 4.74 Å². The van der Waals surface area contributed by atoms with Crippen molar-refractivity contribution in [2.75, 3.05) is 60.5 Å². The zero-order valence-corrected chi connectivity index (χ0v) is 17.4. The Morgan fingerprint density at radius 3 is 2.48 bits per heavy atom. The van der Waals surface area contributed by atoms with Gasteiger partial charge in [0.1, 0.15) is 5.75 Å². The van der Waals surface area contributed by atoms with Crippen LogP contribution in [0.25, 0.3) is 0 Å². The largest absolute Gasteiger partial charge is 0.496 e. The molecule has 0 spiro atoms. The summed E-state index contributed by atoms with van der Waals surface area (Å²) in [5.41, 5.74) is 2.66. The van der Waals surface area contributed by atoms with E-state index in [-0.39, 0.29) is 0 Å². The topological polar surface area (TPSA) is 39.2 Å². The Morgan fingerprint density at radius 2 is 1.81 bits per heavy atom. The number of hydrogen-bond donors (Lipinski definition) is 1. The van der Waals surface area contributed by atoms with E-state index in [1.807, 2.05) is 0 Å². The van der Waals surface area contributed by atoms with E-state index in [2.05, 4.69) is 47.0 Å². The van der Waals surface area contributed by atoms with Crippen molar-refractivity contribution in [1.82, 2.24) is 14.7 Å². The summed E-state index contributed by atoms with van der Waals surface area (Å²) >= 11 is 0. The molecule has 5 heteroatoms. The van der Waals surface area contributed by atoms with Crippen LogP contribution in [0.5, 0.6) is 5.75 Å². The van der Waals surface area contributed by atoms with Crippen LogP contribution in [0.3, 0.4) is 0 Å². The van der Waals surface area contributed by atoms with Crippen LogP contribution in [0.1, 0.15) is 30.4 Å². The molecule has 2 aliphatic rings. The number of rotatable bonds is 8. The molecule has 2 atom stereocenters. The van der Waals surface area contributed by atoms with E-state index in [1.165, 1.54) is 37.1 Å². The lowest BCUT2D eigenvalue weighted by molar-refractivity contribution is 0.0692. The highest BCUT2D eigenvalue weighted by atomic mass is 16.5. The Kier molecular flexibility index (Phi) is 7.53. The van der Waals surface area contributed by atoms with E-state index < -0.39 is 0 Å². The first-order valence-electron chi connectivity index (χ1n) is 10.4. The predicted octanol–water partition coefficient (Wildman–Crippen LogP) is 2.28. The fraction of sp³-hybridized carbons (Fsp3) is 0.727. The van der Waals surface area contributed by atoms with Gasteiger partial charge >= 0.3 is 0 Å². The molecule has 0 amide bonds. The molecule has 0 bridgehead atoms. The third kappa shape index (κ3) is 5.92. The lowest BCUT2D eigenvalue weighted by atomic mass is 9.89. The SMILES string of the molecule is COc1ccc(CN2C[C@@H](CN(C)C)C[C@H](CO)C2)cc1CN1CCCC1. The molecule has 2 heterocycles. The zero-order valence-electron chi connectivity index (χ0n) is 17.4. The van der Waals surface area contributed by atoms with Gasteiger partial charge in [-0.05, 0) is 76.0 Å². The van der Waals surface area contributed by atoms with Gasteiger partial charge in [0.25, 0.3) is 0 Å². The fourth-order valence-electron chi connectivity index (χ4n) is 4.83. The maximum absolute atomic E-state index is 9.74. The molecule has 1 aromatic carbocycles. The van der Waals surface area contributed by atoms with Crippen molar-refractivity contribution in [1.29, 1.82) is 0 Å². The number of benzene rings is 1. The quantitative estimate of drug-likeness (QED) is 0.755. The minimum Gasteiger partial charge on any atom is -0.496 e. The van der Waals surface area contributed by atoms with Crippen molar-refractivity contribution in [2.24, 2.45) is 11.8 Å². The number of methoxy groups -OCH3 is 1. The highest BCUT2D eigenvalue weighted by Gasteiger charge is 2.27. The molecule has 0 aliphatic carbocycles. The van der Waals surface area contributed by atoms with Gasteiger partial charge in [0, 0.05) is 44.9 Å². The van der Waals surface area contributed by atoms with E-state index in [0.29, 0.717) is 18.4 Å². The highest BCUT2D eigenvalue weighted by Crippen LogP contribution is 2.27. The molecular weight excluding hydrogens is 338 g/mol. The average Bonchev–Trinajstić information content (AvgIpc) is 3.14. The van der Waals surface area contributed by atoms with Crippen molar-refractivity contribution >= 4 is 0 Å². The molecule has 2 saturated heterocycles. The number of piperidine rings is 1. The van der Waals surface area contributed by atoms with Gasteiger partial charge in [-0.25, -0.2) is 0 Å². The molecule has 1 N–H and O–H groups in total. The van der Waals surface area contributed by atoms with Crippen LogP contribution in [0, 0.1) is 11.8 Å². The number of likely N-dealkylation sites (tertiary alicyclic amines) is 2. The second-order valence-corrected chi connectivity index (χ2v) is 8.74. The van der Waals surface area contributed by atoms with Crippen LogP contribution in [-0.4, -0.2) is 80.3 Å². The number of hydrogen-bond acceptors (Lipinski definition) is 5. The van der Waals surface area contributed by atoms with Crippen LogP contribution in [-0.2, 0) is 13.1 Å². The number of nitrogens with zero attached hydrogens (tertiary/aromatic N) is 3. The van der Waals surface area contributed by atoms with Gasteiger partial charge in [0.2, 0.25) is 0 Å². The Hall–Kier alpha value is -1.14. The van der Waals surface area contributed by atoms with Crippen LogP contribution in [0.2, 0.25) is 0 Å². The summed E-state index contributed by atoms with van der Waals surface area (Å²) in [4.78, 5) is 7.32. The first-order chi connectivity index (χ1) is 13.1. The van der Waals surface area contributed by atoms with Crippen molar-refractivity contribution < 1.29 is 9.84 Å². The highest BCUT2D eigenvalue weighted by molar-refractivity contribution is 5.37. The van der Waals surface area contributed by atoms with Crippen LogP contribution in [0.4, 0.5) is 0 Å². The number of ether oxygens (including phenoxy) is 1. The Balaban J connectivity index is 1.67. The molecular formula is C22H37N3O2. The molecule has 27 heavy (non-hydrogen) atoms. The summed E-state index contributed by atoms with van der Waals surface area (Å²) in [6.07, 6.45) is 3.76. The molecule has 0 saturated carbocycles. The van der Waals surface area contributed by atoms with Crippen LogP contribution >= 0.6 is 0 Å². The average molecular weight is 376 g/mol. The summed E-state index contributed by atoms with van der Waals surface area (Å²) in [5.74, 6) is 2.03. The second kappa shape index (κ2) is 9.87. The van der Waals surface area contributed by atoms with Gasteiger partial charge in [-0.1, -0.05) is 6.07 Å². The summed E-state index contributed by atoms with van der Waals surface area (Å²) in [5, 5.41) is 9.74. The minimum atomic E-state index is 0.295. The molecule has 5 nitrogen and oxygen atoms in total. The lowest BCUT2D eigenvalue weighted by Gasteiger charge is -2.38. The second-order valence-electron chi connectivity index (χ2n) is 8.74. The van der Waals surface area contributed by atoms with E-state index in [0.717, 1.165) is 44.9 Å². The monoisotopic (exact) mass is 375 g/mol. The van der Waals surface area contributed by atoms with Crippen LogP contribution in [0.15, 0.2) is 18.2 Å². The molecule has 2 aliphatic heterocycles. The van der Waals surface area contributed by atoms with Gasteiger partial charge in [-0.15, -0.1) is 0 Å². The molecule has 3 rings (SSSR count). The fourth-order valence-corrected chi connectivity index (χ4v) is 4.83. The lowest BCUT2D eigenvalue weighted by Crippen LogP contribution is -2.44. The maximum Gasteiger partial charge on any atom is 0.123 e. The Bertz CT molecular complexity index is 587. The standard InChI is InChI=1S/C22H37N3O2/c1-23(2)12-19-10-20(17-26)15-25(14-19)13-18-6-7-22(27-3)21(11-18)16-24-8-4-5-9-24/h6-7,11,19-20,26H,4-5,8-10,12-17H2,1-3H3/t19-,20+/m1/s1. The van der Waals surface area contributed by atoms with E-state index >= 15 is 0 Å². The zero-order chi connectivity index (χ0) is 19.2. The number of aliphatic hydroxyl groups excluding tert-OH is 1. The molecule has 2 fully saturated rings. The Morgan fingerprint density at radius 1 is 1.07 bits per heavy atom. The molecule has 0 unspecified atom stereocenters. The smallest absolute Gasteiger partial charge is 0.123 e. The maximum atomic E-state index is 9.74. The molecule has 0 radical (unpaired) electrons. The van der Waals surface area contributed by atoms with Gasteiger partial charge in [-0.2, -0.15) is 0 Å². The molecule has 1 aromatic rings. The van der Waals surface area contributed by atoms with Gasteiger partial charge in [0.05, 0.1) is 7.11 Å².